The number of benzene rings is 1. The minimum Gasteiger partial charge on any atom is -0.207 e. The Morgan fingerprint density at radius 3 is 2.35 bits per heavy atom. The number of nitrogens with zero attached hydrogens (tertiary/aromatic N) is 3. The van der Waals surface area contributed by atoms with Gasteiger partial charge >= 0.3 is 6.18 Å². The number of hydrogen-bond donors (Lipinski definition) is 2. The molecule has 0 saturated carbocycles. The van der Waals surface area contributed by atoms with Crippen LogP contribution in [0.5, 0.6) is 0 Å². The molecule has 2 aromatic rings. The zero-order valence-corrected chi connectivity index (χ0v) is 10.5. The molecular formula is C9H8F3N5O2S. The number of halogens is 3. The standard InChI is InChI=1S/C9H8F3N5O2S/c10-9(11,12)6-1-3-7(4-2-6)20(18,19)13-5-8-14-16-17-15-8/h1-4,13H,5H2,(H,14,15,16,17). The van der Waals surface area contributed by atoms with E-state index in [2.05, 4.69) is 25.3 Å². The predicted octanol–water partition coefficient (Wildman–Crippen LogP) is 0.697. The van der Waals surface area contributed by atoms with Crippen molar-refractivity contribution in [2.75, 3.05) is 0 Å². The Labute approximate surface area is 111 Å². The molecule has 0 aliphatic rings. The number of rotatable bonds is 4. The Morgan fingerprint density at radius 2 is 1.85 bits per heavy atom. The second-order valence-corrected chi connectivity index (χ2v) is 5.44. The van der Waals surface area contributed by atoms with Crippen molar-refractivity contribution in [3.63, 3.8) is 0 Å². The minimum absolute atomic E-state index is 0.112. The summed E-state index contributed by atoms with van der Waals surface area (Å²) in [6, 6.07) is 3.15. The van der Waals surface area contributed by atoms with Crippen molar-refractivity contribution in [1.82, 2.24) is 25.3 Å². The number of alkyl halides is 3. The van der Waals surface area contributed by atoms with Crippen LogP contribution in [-0.4, -0.2) is 29.0 Å². The molecule has 0 saturated heterocycles. The van der Waals surface area contributed by atoms with Gasteiger partial charge in [0.15, 0.2) is 5.82 Å². The normalized spacial score (nSPS) is 12.6. The van der Waals surface area contributed by atoms with Crippen LogP contribution in [0.1, 0.15) is 11.4 Å². The highest BCUT2D eigenvalue weighted by atomic mass is 32.2. The highest BCUT2D eigenvalue weighted by Crippen LogP contribution is 2.29. The summed E-state index contributed by atoms with van der Waals surface area (Å²) in [5.74, 6) is 0.112. The first kappa shape index (κ1) is 14.4. The molecule has 1 aromatic carbocycles. The molecule has 20 heavy (non-hydrogen) atoms. The van der Waals surface area contributed by atoms with Crippen LogP contribution in [0, 0.1) is 0 Å². The molecule has 0 atom stereocenters. The summed E-state index contributed by atoms with van der Waals surface area (Å²) in [7, 11) is -3.94. The van der Waals surface area contributed by atoms with E-state index in [-0.39, 0.29) is 17.3 Å². The zero-order chi connectivity index (χ0) is 14.8. The van der Waals surface area contributed by atoms with E-state index in [0.29, 0.717) is 12.1 Å². The Bertz CT molecular complexity index is 667. The van der Waals surface area contributed by atoms with Gasteiger partial charge in [-0.25, -0.2) is 13.1 Å². The van der Waals surface area contributed by atoms with Gasteiger partial charge in [0, 0.05) is 0 Å². The van der Waals surface area contributed by atoms with Crippen molar-refractivity contribution in [3.05, 3.63) is 35.7 Å². The highest BCUT2D eigenvalue weighted by Gasteiger charge is 2.30. The molecule has 108 valence electrons. The van der Waals surface area contributed by atoms with E-state index in [1.807, 2.05) is 0 Å². The lowest BCUT2D eigenvalue weighted by Gasteiger charge is -2.08. The molecule has 1 heterocycles. The molecule has 2 rings (SSSR count). The first-order valence-electron chi connectivity index (χ1n) is 5.18. The van der Waals surface area contributed by atoms with Crippen LogP contribution in [-0.2, 0) is 22.7 Å². The summed E-state index contributed by atoms with van der Waals surface area (Å²) in [6.45, 7) is -0.222. The number of hydrogen-bond acceptors (Lipinski definition) is 5. The molecule has 0 spiro atoms. The first-order valence-corrected chi connectivity index (χ1v) is 6.66. The molecule has 11 heteroatoms. The third-order valence-corrected chi connectivity index (χ3v) is 3.72. The summed E-state index contributed by atoms with van der Waals surface area (Å²) in [6.07, 6.45) is -4.51. The molecule has 0 aliphatic heterocycles. The van der Waals surface area contributed by atoms with Gasteiger partial charge in [-0.05, 0) is 24.3 Å². The topological polar surface area (TPSA) is 101 Å². The number of aromatic amines is 1. The van der Waals surface area contributed by atoms with Crippen molar-refractivity contribution in [2.24, 2.45) is 0 Å². The molecule has 0 amide bonds. The van der Waals surface area contributed by atoms with Crippen LogP contribution < -0.4 is 4.72 Å². The van der Waals surface area contributed by atoms with Crippen LogP contribution in [0.4, 0.5) is 13.2 Å². The number of nitrogens with one attached hydrogen (secondary N) is 2. The lowest BCUT2D eigenvalue weighted by Crippen LogP contribution is -2.24. The molecule has 0 bridgehead atoms. The van der Waals surface area contributed by atoms with Gasteiger partial charge < -0.3 is 0 Å². The highest BCUT2D eigenvalue weighted by molar-refractivity contribution is 7.89. The minimum atomic E-state index is -4.51. The summed E-state index contributed by atoms with van der Waals surface area (Å²) in [5, 5.41) is 12.5. The molecule has 2 N–H and O–H groups in total. The smallest absolute Gasteiger partial charge is 0.207 e. The summed E-state index contributed by atoms with van der Waals surface area (Å²) in [4.78, 5) is -0.283. The molecular weight excluding hydrogens is 299 g/mol. The van der Waals surface area contributed by atoms with Gasteiger partial charge in [0.2, 0.25) is 10.0 Å². The maximum atomic E-state index is 12.4. The monoisotopic (exact) mass is 307 g/mol. The van der Waals surface area contributed by atoms with Crippen LogP contribution in [0.2, 0.25) is 0 Å². The molecule has 0 unspecified atom stereocenters. The fourth-order valence-electron chi connectivity index (χ4n) is 1.32. The van der Waals surface area contributed by atoms with Gasteiger partial charge in [0.25, 0.3) is 0 Å². The molecule has 0 fully saturated rings. The van der Waals surface area contributed by atoms with Gasteiger partial charge in [-0.3, -0.25) is 0 Å². The average Bonchev–Trinajstić information content (AvgIpc) is 2.89. The van der Waals surface area contributed by atoms with E-state index in [9.17, 15) is 21.6 Å². The second kappa shape index (κ2) is 5.17. The first-order chi connectivity index (χ1) is 9.29. The maximum absolute atomic E-state index is 12.4. The Morgan fingerprint density at radius 1 is 1.20 bits per heavy atom. The lowest BCUT2D eigenvalue weighted by atomic mass is 10.2. The molecule has 1 aromatic heterocycles. The van der Waals surface area contributed by atoms with E-state index >= 15 is 0 Å². The summed E-state index contributed by atoms with van der Waals surface area (Å²) in [5.41, 5.74) is -0.922. The maximum Gasteiger partial charge on any atom is 0.416 e. The van der Waals surface area contributed by atoms with Gasteiger partial charge in [-0.1, -0.05) is 5.21 Å². The third kappa shape index (κ3) is 3.30. The predicted molar refractivity (Wildman–Crippen MR) is 59.6 cm³/mol. The van der Waals surface area contributed by atoms with E-state index < -0.39 is 21.8 Å². The summed E-state index contributed by atoms with van der Waals surface area (Å²) >= 11 is 0. The van der Waals surface area contributed by atoms with Gasteiger partial charge in [-0.15, -0.1) is 10.2 Å². The summed E-state index contributed by atoms with van der Waals surface area (Å²) < 4.78 is 62.8. The van der Waals surface area contributed by atoms with E-state index in [4.69, 9.17) is 0 Å². The lowest BCUT2D eigenvalue weighted by molar-refractivity contribution is -0.137. The van der Waals surface area contributed by atoms with E-state index in [1.54, 1.807) is 0 Å². The SMILES string of the molecule is O=S(=O)(NCc1nn[nH]n1)c1ccc(C(F)(F)F)cc1. The number of aromatic nitrogens is 4. The van der Waals surface area contributed by atoms with Crippen LogP contribution in [0.15, 0.2) is 29.2 Å². The van der Waals surface area contributed by atoms with Crippen molar-refractivity contribution < 1.29 is 21.6 Å². The Hall–Kier alpha value is -2.01. The van der Waals surface area contributed by atoms with Crippen LogP contribution >= 0.6 is 0 Å². The van der Waals surface area contributed by atoms with E-state index in [0.717, 1.165) is 12.1 Å². The molecule has 7 nitrogen and oxygen atoms in total. The van der Waals surface area contributed by atoms with Crippen molar-refractivity contribution in [3.8, 4) is 0 Å². The van der Waals surface area contributed by atoms with Crippen molar-refractivity contribution in [1.29, 1.82) is 0 Å². The molecule has 0 aliphatic carbocycles. The van der Waals surface area contributed by atoms with Crippen molar-refractivity contribution in [2.45, 2.75) is 17.6 Å². The van der Waals surface area contributed by atoms with Gasteiger partial charge in [0.1, 0.15) is 0 Å². The van der Waals surface area contributed by atoms with Crippen molar-refractivity contribution >= 4 is 10.0 Å². The van der Waals surface area contributed by atoms with Crippen LogP contribution in [0.25, 0.3) is 0 Å². The van der Waals surface area contributed by atoms with Gasteiger partial charge in [0.05, 0.1) is 17.0 Å². The van der Waals surface area contributed by atoms with E-state index in [1.165, 1.54) is 0 Å². The number of tetrazole rings is 1. The van der Waals surface area contributed by atoms with Crippen LogP contribution in [0.3, 0.4) is 0 Å². The number of H-pyrrole nitrogens is 1. The largest absolute Gasteiger partial charge is 0.416 e. The fraction of sp³-hybridized carbons (Fsp3) is 0.222. The average molecular weight is 307 g/mol. The Kier molecular flexibility index (Phi) is 3.72. The third-order valence-electron chi connectivity index (χ3n) is 2.30. The van der Waals surface area contributed by atoms with Gasteiger partial charge in [-0.2, -0.15) is 18.4 Å². The Balaban J connectivity index is 2.13. The fourth-order valence-corrected chi connectivity index (χ4v) is 2.30. The number of sulfonamides is 1. The second-order valence-electron chi connectivity index (χ2n) is 3.67. The quantitative estimate of drug-likeness (QED) is 0.866. The molecule has 0 radical (unpaired) electrons. The zero-order valence-electron chi connectivity index (χ0n) is 9.72.